The topological polar surface area (TPSA) is 54.4 Å². The van der Waals surface area contributed by atoms with Crippen LogP contribution in [-0.2, 0) is 4.79 Å². The molecule has 1 unspecified atom stereocenters. The molecule has 1 N–H and O–H groups in total. The van der Waals surface area contributed by atoms with Gasteiger partial charge < -0.3 is 5.11 Å². The second-order valence-corrected chi connectivity index (χ2v) is 4.28. The second-order valence-electron chi connectivity index (χ2n) is 3.84. The van der Waals surface area contributed by atoms with Gasteiger partial charge in [0.1, 0.15) is 0 Å². The molecule has 0 fully saturated rings. The quantitative estimate of drug-likeness (QED) is 0.805. The number of halogens is 1. The Labute approximate surface area is 99.0 Å². The lowest BCUT2D eigenvalue weighted by atomic mass is 9.97. The Morgan fingerprint density at radius 1 is 1.38 bits per heavy atom. The number of benzene rings is 1. The maximum atomic E-state index is 11.7. The van der Waals surface area contributed by atoms with Crippen LogP contribution in [-0.4, -0.2) is 16.9 Å². The Hall–Kier alpha value is -1.35. The third kappa shape index (κ3) is 4.03. The molecule has 86 valence electrons. The molecular weight excluding hydrogens is 228 g/mol. The third-order valence-corrected chi connectivity index (χ3v) is 2.44. The summed E-state index contributed by atoms with van der Waals surface area (Å²) in [6, 6.07) is 6.68. The van der Waals surface area contributed by atoms with Crippen LogP contribution in [0.5, 0.6) is 0 Å². The zero-order valence-electron chi connectivity index (χ0n) is 8.94. The van der Waals surface area contributed by atoms with E-state index in [0.717, 1.165) is 0 Å². The summed E-state index contributed by atoms with van der Waals surface area (Å²) in [6.45, 7) is 1.75. The normalized spacial score (nSPS) is 12.1. The molecule has 16 heavy (non-hydrogen) atoms. The molecular formula is C12H13ClO3. The lowest BCUT2D eigenvalue weighted by Crippen LogP contribution is -2.10. The number of hydrogen-bond donors (Lipinski definition) is 1. The van der Waals surface area contributed by atoms with E-state index in [2.05, 4.69) is 0 Å². The van der Waals surface area contributed by atoms with Gasteiger partial charge in [-0.3, -0.25) is 9.59 Å². The molecule has 3 nitrogen and oxygen atoms in total. The molecule has 1 aromatic carbocycles. The molecule has 0 aliphatic heterocycles. The van der Waals surface area contributed by atoms with E-state index in [1.807, 2.05) is 0 Å². The van der Waals surface area contributed by atoms with Crippen LogP contribution in [0, 0.1) is 5.92 Å². The predicted octanol–water partition coefficient (Wildman–Crippen LogP) is 3.02. The van der Waals surface area contributed by atoms with Gasteiger partial charge in [-0.2, -0.15) is 0 Å². The van der Waals surface area contributed by atoms with E-state index in [1.165, 1.54) is 0 Å². The maximum absolute atomic E-state index is 11.7. The first-order valence-corrected chi connectivity index (χ1v) is 5.37. The van der Waals surface area contributed by atoms with E-state index in [4.69, 9.17) is 16.7 Å². The van der Waals surface area contributed by atoms with Gasteiger partial charge in [0, 0.05) is 23.4 Å². The van der Waals surface area contributed by atoms with Crippen molar-refractivity contribution in [2.45, 2.75) is 19.8 Å². The average molecular weight is 241 g/mol. The summed E-state index contributed by atoms with van der Waals surface area (Å²) in [5.74, 6) is -1.12. The van der Waals surface area contributed by atoms with Crippen LogP contribution in [0.2, 0.25) is 5.02 Å². The second kappa shape index (κ2) is 5.66. The van der Waals surface area contributed by atoms with Crippen LogP contribution in [0.25, 0.3) is 0 Å². The SMILES string of the molecule is CC(CC(=O)O)CC(=O)c1cccc(Cl)c1. The van der Waals surface area contributed by atoms with Crippen LogP contribution in [0.3, 0.4) is 0 Å². The highest BCUT2D eigenvalue weighted by molar-refractivity contribution is 6.31. The van der Waals surface area contributed by atoms with Gasteiger partial charge in [-0.1, -0.05) is 30.7 Å². The number of Topliss-reactive ketones (excluding diaryl/α,β-unsaturated/α-hetero) is 1. The molecule has 0 spiro atoms. The highest BCUT2D eigenvalue weighted by Gasteiger charge is 2.14. The van der Waals surface area contributed by atoms with Crippen molar-refractivity contribution in [3.8, 4) is 0 Å². The van der Waals surface area contributed by atoms with Crippen LogP contribution in [0.4, 0.5) is 0 Å². The smallest absolute Gasteiger partial charge is 0.303 e. The van der Waals surface area contributed by atoms with Crippen molar-refractivity contribution >= 4 is 23.4 Å². The van der Waals surface area contributed by atoms with Crippen molar-refractivity contribution in [2.24, 2.45) is 5.92 Å². The first kappa shape index (κ1) is 12.7. The zero-order chi connectivity index (χ0) is 12.1. The molecule has 0 radical (unpaired) electrons. The van der Waals surface area contributed by atoms with E-state index in [1.54, 1.807) is 31.2 Å². The van der Waals surface area contributed by atoms with Gasteiger partial charge in [0.25, 0.3) is 0 Å². The van der Waals surface area contributed by atoms with Crippen molar-refractivity contribution in [1.29, 1.82) is 0 Å². The summed E-state index contributed by atoms with van der Waals surface area (Å²) in [5, 5.41) is 9.09. The minimum absolute atomic E-state index is 0.00626. The van der Waals surface area contributed by atoms with Gasteiger partial charge in [0.05, 0.1) is 0 Å². The van der Waals surface area contributed by atoms with Gasteiger partial charge in [-0.15, -0.1) is 0 Å². The monoisotopic (exact) mass is 240 g/mol. The van der Waals surface area contributed by atoms with Crippen molar-refractivity contribution in [2.75, 3.05) is 0 Å². The molecule has 0 bridgehead atoms. The van der Waals surface area contributed by atoms with E-state index in [9.17, 15) is 9.59 Å². The standard InChI is InChI=1S/C12H13ClO3/c1-8(6-12(15)16)5-11(14)9-3-2-4-10(13)7-9/h2-4,7-8H,5-6H2,1H3,(H,15,16). The lowest BCUT2D eigenvalue weighted by Gasteiger charge is -2.07. The van der Waals surface area contributed by atoms with Gasteiger partial charge in [-0.25, -0.2) is 0 Å². The Morgan fingerprint density at radius 3 is 2.62 bits per heavy atom. The number of carboxylic acids is 1. The van der Waals surface area contributed by atoms with Crippen LogP contribution >= 0.6 is 11.6 Å². The number of aliphatic carboxylic acids is 1. The molecule has 1 atom stereocenters. The number of ketones is 1. The minimum atomic E-state index is -0.883. The molecule has 0 saturated carbocycles. The number of carboxylic acid groups (broad SMARTS) is 1. The van der Waals surface area contributed by atoms with Crippen molar-refractivity contribution in [3.05, 3.63) is 34.9 Å². The Morgan fingerprint density at radius 2 is 2.06 bits per heavy atom. The predicted molar refractivity (Wildman–Crippen MR) is 61.8 cm³/mol. The van der Waals surface area contributed by atoms with E-state index in [0.29, 0.717) is 10.6 Å². The van der Waals surface area contributed by atoms with Crippen LogP contribution in [0.1, 0.15) is 30.1 Å². The summed E-state index contributed by atoms with van der Waals surface area (Å²) in [4.78, 5) is 22.2. The molecule has 0 aliphatic rings. The summed E-state index contributed by atoms with van der Waals surface area (Å²) in [6.07, 6.45) is 0.235. The van der Waals surface area contributed by atoms with Gasteiger partial charge in [0.15, 0.2) is 5.78 Å². The molecule has 0 aliphatic carbocycles. The van der Waals surface area contributed by atoms with Crippen molar-refractivity contribution < 1.29 is 14.7 Å². The molecule has 4 heteroatoms. The number of carbonyl (C=O) groups is 2. The minimum Gasteiger partial charge on any atom is -0.481 e. The van der Waals surface area contributed by atoms with E-state index < -0.39 is 5.97 Å². The fourth-order valence-corrected chi connectivity index (χ4v) is 1.66. The highest BCUT2D eigenvalue weighted by Crippen LogP contribution is 2.16. The first-order valence-electron chi connectivity index (χ1n) is 4.99. The number of rotatable bonds is 5. The fraction of sp³-hybridized carbons (Fsp3) is 0.333. The third-order valence-electron chi connectivity index (χ3n) is 2.20. The summed E-state index contributed by atoms with van der Waals surface area (Å²) < 4.78 is 0. The Balaban J connectivity index is 2.62. The molecule has 1 rings (SSSR count). The lowest BCUT2D eigenvalue weighted by molar-refractivity contribution is -0.137. The summed E-state index contributed by atoms with van der Waals surface area (Å²) in [7, 11) is 0. The largest absolute Gasteiger partial charge is 0.481 e. The number of hydrogen-bond acceptors (Lipinski definition) is 2. The molecule has 0 saturated heterocycles. The van der Waals surface area contributed by atoms with Crippen molar-refractivity contribution in [1.82, 2.24) is 0 Å². The fourth-order valence-electron chi connectivity index (χ4n) is 1.47. The molecule has 1 aromatic rings. The van der Waals surface area contributed by atoms with Crippen LogP contribution < -0.4 is 0 Å². The summed E-state index contributed by atoms with van der Waals surface area (Å²) in [5.41, 5.74) is 0.532. The van der Waals surface area contributed by atoms with E-state index >= 15 is 0 Å². The molecule has 0 heterocycles. The molecule has 0 amide bonds. The maximum Gasteiger partial charge on any atom is 0.303 e. The first-order chi connectivity index (χ1) is 7.49. The Bertz CT molecular complexity index is 401. The van der Waals surface area contributed by atoms with Gasteiger partial charge in [0.2, 0.25) is 0 Å². The number of carbonyl (C=O) groups excluding carboxylic acids is 1. The van der Waals surface area contributed by atoms with Gasteiger partial charge >= 0.3 is 5.97 Å². The van der Waals surface area contributed by atoms with Crippen molar-refractivity contribution in [3.63, 3.8) is 0 Å². The van der Waals surface area contributed by atoms with Crippen LogP contribution in [0.15, 0.2) is 24.3 Å². The average Bonchev–Trinajstić information content (AvgIpc) is 2.16. The van der Waals surface area contributed by atoms with E-state index in [-0.39, 0.29) is 24.5 Å². The summed E-state index contributed by atoms with van der Waals surface area (Å²) >= 11 is 5.76. The zero-order valence-corrected chi connectivity index (χ0v) is 9.70. The Kier molecular flexibility index (Phi) is 4.50. The van der Waals surface area contributed by atoms with Gasteiger partial charge in [-0.05, 0) is 18.1 Å². The molecule has 0 aromatic heterocycles. The highest BCUT2D eigenvalue weighted by atomic mass is 35.5.